The van der Waals surface area contributed by atoms with Gasteiger partial charge in [-0.05, 0) is 36.2 Å². The Morgan fingerprint density at radius 1 is 1.10 bits per heavy atom. The summed E-state index contributed by atoms with van der Waals surface area (Å²) >= 11 is 0. The fourth-order valence-electron chi connectivity index (χ4n) is 2.62. The van der Waals surface area contributed by atoms with Crippen LogP contribution in [0.25, 0.3) is 5.69 Å². The number of nitrogens with zero attached hydrogens (tertiary/aromatic N) is 2. The van der Waals surface area contributed by atoms with Gasteiger partial charge in [0.2, 0.25) is 5.91 Å². The highest BCUT2D eigenvalue weighted by Crippen LogP contribution is 2.17. The van der Waals surface area contributed by atoms with Crippen LogP contribution in [0.4, 0.5) is 14.9 Å². The van der Waals surface area contributed by atoms with E-state index in [-0.39, 0.29) is 18.9 Å². The third kappa shape index (κ3) is 6.17. The van der Waals surface area contributed by atoms with E-state index in [9.17, 15) is 14.0 Å². The van der Waals surface area contributed by atoms with Crippen molar-refractivity contribution in [1.82, 2.24) is 15.1 Å². The Morgan fingerprint density at radius 2 is 1.93 bits per heavy atom. The van der Waals surface area contributed by atoms with Gasteiger partial charge in [0.05, 0.1) is 0 Å². The molecule has 7 nitrogen and oxygen atoms in total. The second-order valence-electron chi connectivity index (χ2n) is 6.26. The fourth-order valence-corrected chi connectivity index (χ4v) is 2.62. The van der Waals surface area contributed by atoms with E-state index in [4.69, 9.17) is 4.74 Å². The van der Waals surface area contributed by atoms with Crippen molar-refractivity contribution in [3.05, 3.63) is 78.4 Å². The Bertz CT molecular complexity index is 946. The molecule has 2 N–H and O–H groups in total. The summed E-state index contributed by atoms with van der Waals surface area (Å²) in [6.45, 7) is 0.487. The molecule has 2 amide bonds. The highest BCUT2D eigenvalue weighted by molar-refractivity contribution is 5.90. The summed E-state index contributed by atoms with van der Waals surface area (Å²) in [5, 5.41) is 9.21. The summed E-state index contributed by atoms with van der Waals surface area (Å²) in [6.07, 6.45) is 3.27. The lowest BCUT2D eigenvalue weighted by Crippen LogP contribution is -2.26. The van der Waals surface area contributed by atoms with Crippen molar-refractivity contribution in [2.45, 2.75) is 19.4 Å². The number of amides is 2. The van der Waals surface area contributed by atoms with Gasteiger partial charge in [0.25, 0.3) is 0 Å². The zero-order valence-corrected chi connectivity index (χ0v) is 15.7. The van der Waals surface area contributed by atoms with Crippen molar-refractivity contribution in [3.63, 3.8) is 0 Å². The molecule has 0 atom stereocenters. The van der Waals surface area contributed by atoms with Gasteiger partial charge in [-0.2, -0.15) is 5.10 Å². The van der Waals surface area contributed by atoms with Crippen LogP contribution in [0.1, 0.15) is 18.4 Å². The largest absolute Gasteiger partial charge is 0.445 e. The summed E-state index contributed by atoms with van der Waals surface area (Å²) < 4.78 is 20.7. The van der Waals surface area contributed by atoms with Crippen LogP contribution in [0, 0.1) is 5.82 Å². The van der Waals surface area contributed by atoms with E-state index < -0.39 is 11.9 Å². The number of carbonyl (C=O) groups excluding carboxylic acids is 2. The van der Waals surface area contributed by atoms with Crippen LogP contribution in [-0.4, -0.2) is 28.3 Å². The van der Waals surface area contributed by atoms with E-state index in [0.717, 1.165) is 5.56 Å². The molecule has 2 aromatic carbocycles. The molecule has 0 radical (unpaired) electrons. The summed E-state index contributed by atoms with van der Waals surface area (Å²) in [7, 11) is 0. The average Bonchev–Trinajstić information content (AvgIpc) is 3.25. The molecular formula is C21H21FN4O3. The van der Waals surface area contributed by atoms with Crippen molar-refractivity contribution >= 4 is 17.7 Å². The number of rotatable bonds is 8. The lowest BCUT2D eigenvalue weighted by molar-refractivity contribution is -0.116. The molecule has 0 unspecified atom stereocenters. The molecule has 1 aromatic heterocycles. The van der Waals surface area contributed by atoms with E-state index in [1.165, 1.54) is 10.7 Å². The van der Waals surface area contributed by atoms with Crippen LogP contribution in [0.2, 0.25) is 0 Å². The first kappa shape index (κ1) is 20.1. The molecule has 0 saturated carbocycles. The van der Waals surface area contributed by atoms with E-state index in [1.54, 1.807) is 30.6 Å². The third-order valence-electron chi connectivity index (χ3n) is 4.05. The summed E-state index contributed by atoms with van der Waals surface area (Å²) in [5.41, 5.74) is 1.55. The molecule has 8 heteroatoms. The van der Waals surface area contributed by atoms with Crippen LogP contribution < -0.4 is 10.6 Å². The first-order chi connectivity index (χ1) is 14.1. The number of hydrogen-bond acceptors (Lipinski definition) is 4. The molecule has 3 rings (SSSR count). The minimum absolute atomic E-state index is 0.182. The molecule has 0 fully saturated rings. The molecule has 0 bridgehead atoms. The van der Waals surface area contributed by atoms with Gasteiger partial charge < -0.3 is 15.4 Å². The maximum absolute atomic E-state index is 14.2. The summed E-state index contributed by atoms with van der Waals surface area (Å²) in [4.78, 5) is 23.6. The lowest BCUT2D eigenvalue weighted by Gasteiger charge is -2.09. The van der Waals surface area contributed by atoms with Crippen LogP contribution >= 0.6 is 0 Å². The highest BCUT2D eigenvalue weighted by atomic mass is 19.1. The number of aromatic nitrogens is 2. The molecular weight excluding hydrogens is 375 g/mol. The second kappa shape index (κ2) is 10.0. The number of nitrogens with one attached hydrogen (secondary N) is 2. The standard InChI is InChI=1S/C21H21FN4O3/c22-18-14-17(9-10-19(18)26-13-5-12-24-26)25-20(27)8-4-11-23-21(28)29-15-16-6-2-1-3-7-16/h1-3,5-7,9-10,12-14H,4,8,11,15H2,(H,23,28)(H,25,27). The van der Waals surface area contributed by atoms with Gasteiger partial charge in [0.15, 0.2) is 5.82 Å². The fraction of sp³-hybridized carbons (Fsp3) is 0.190. The number of hydrogen-bond donors (Lipinski definition) is 2. The van der Waals surface area contributed by atoms with Gasteiger partial charge in [-0.15, -0.1) is 0 Å². The topological polar surface area (TPSA) is 85.3 Å². The first-order valence-electron chi connectivity index (χ1n) is 9.16. The number of anilines is 1. The van der Waals surface area contributed by atoms with Gasteiger partial charge in [0.1, 0.15) is 12.3 Å². The quantitative estimate of drug-likeness (QED) is 0.569. The van der Waals surface area contributed by atoms with Crippen molar-refractivity contribution in [2.75, 3.05) is 11.9 Å². The first-order valence-corrected chi connectivity index (χ1v) is 9.16. The predicted octanol–water partition coefficient (Wildman–Crippen LogP) is 3.66. The third-order valence-corrected chi connectivity index (χ3v) is 4.05. The molecule has 150 valence electrons. The van der Waals surface area contributed by atoms with Crippen LogP contribution in [0.15, 0.2) is 67.0 Å². The molecule has 0 aliphatic rings. The van der Waals surface area contributed by atoms with Gasteiger partial charge in [-0.1, -0.05) is 30.3 Å². The van der Waals surface area contributed by atoms with Gasteiger partial charge in [-0.25, -0.2) is 13.9 Å². The van der Waals surface area contributed by atoms with Crippen LogP contribution in [0.5, 0.6) is 0 Å². The monoisotopic (exact) mass is 396 g/mol. The minimum Gasteiger partial charge on any atom is -0.445 e. The Morgan fingerprint density at radius 3 is 2.66 bits per heavy atom. The number of carbonyl (C=O) groups is 2. The lowest BCUT2D eigenvalue weighted by atomic mass is 10.2. The Hall–Kier alpha value is -3.68. The van der Waals surface area contributed by atoms with Crippen LogP contribution in [-0.2, 0) is 16.1 Å². The Balaban J connectivity index is 1.36. The maximum atomic E-state index is 14.2. The normalized spacial score (nSPS) is 10.4. The van der Waals surface area contributed by atoms with Crippen molar-refractivity contribution < 1.29 is 18.7 Å². The molecule has 1 heterocycles. The van der Waals surface area contributed by atoms with E-state index in [2.05, 4.69) is 15.7 Å². The van der Waals surface area contributed by atoms with Gasteiger partial charge in [0, 0.05) is 31.0 Å². The van der Waals surface area contributed by atoms with Crippen LogP contribution in [0.3, 0.4) is 0 Å². The molecule has 0 saturated heterocycles. The molecule has 29 heavy (non-hydrogen) atoms. The summed E-state index contributed by atoms with van der Waals surface area (Å²) in [6, 6.07) is 15.4. The van der Waals surface area contributed by atoms with Crippen molar-refractivity contribution in [1.29, 1.82) is 0 Å². The summed E-state index contributed by atoms with van der Waals surface area (Å²) in [5.74, 6) is -0.759. The molecule has 3 aromatic rings. The maximum Gasteiger partial charge on any atom is 0.407 e. The second-order valence-corrected chi connectivity index (χ2v) is 6.26. The van der Waals surface area contributed by atoms with E-state index in [1.807, 2.05) is 30.3 Å². The molecule has 0 aliphatic heterocycles. The van der Waals surface area contributed by atoms with Crippen molar-refractivity contribution in [3.8, 4) is 5.69 Å². The van der Waals surface area contributed by atoms with Gasteiger partial charge in [-0.3, -0.25) is 4.79 Å². The number of halogens is 1. The van der Waals surface area contributed by atoms with Gasteiger partial charge >= 0.3 is 6.09 Å². The van der Waals surface area contributed by atoms with Crippen molar-refractivity contribution in [2.24, 2.45) is 0 Å². The highest BCUT2D eigenvalue weighted by Gasteiger charge is 2.09. The average molecular weight is 396 g/mol. The van der Waals surface area contributed by atoms with E-state index >= 15 is 0 Å². The Labute approximate surface area is 167 Å². The Kier molecular flexibility index (Phi) is 6.94. The van der Waals surface area contributed by atoms with E-state index in [0.29, 0.717) is 24.3 Å². The minimum atomic E-state index is -0.537. The molecule has 0 aliphatic carbocycles. The number of ether oxygens (including phenoxy) is 1. The zero-order valence-electron chi connectivity index (χ0n) is 15.7. The smallest absolute Gasteiger partial charge is 0.407 e. The SMILES string of the molecule is O=C(CCCNC(=O)OCc1ccccc1)Nc1ccc(-n2cccn2)c(F)c1. The molecule has 0 spiro atoms. The predicted molar refractivity (Wildman–Crippen MR) is 106 cm³/mol. The zero-order chi connectivity index (χ0) is 20.5. The number of benzene rings is 2. The number of alkyl carbamates (subject to hydrolysis) is 1.